The van der Waals surface area contributed by atoms with Crippen molar-refractivity contribution in [2.75, 3.05) is 18.5 Å². The fraction of sp³-hybridized carbons (Fsp3) is 0.280. The van der Waals surface area contributed by atoms with Crippen LogP contribution in [0.15, 0.2) is 48.5 Å². The highest BCUT2D eigenvalue weighted by Gasteiger charge is 2.25. The number of aryl methyl sites for hydroxylation is 2. The van der Waals surface area contributed by atoms with Crippen LogP contribution < -0.4 is 10.1 Å². The van der Waals surface area contributed by atoms with Crippen molar-refractivity contribution < 1.29 is 24.0 Å². The topological polar surface area (TPSA) is 108 Å². The molecule has 0 unspecified atom stereocenters. The van der Waals surface area contributed by atoms with Crippen LogP contribution in [0.3, 0.4) is 0 Å². The molecule has 0 saturated carbocycles. The zero-order valence-corrected chi connectivity index (χ0v) is 20.1. The average molecular weight is 483 g/mol. The van der Waals surface area contributed by atoms with Crippen LogP contribution in [0.5, 0.6) is 5.75 Å². The lowest BCUT2D eigenvalue weighted by Gasteiger charge is -2.10. The Morgan fingerprint density at radius 3 is 2.44 bits per heavy atom. The summed E-state index contributed by atoms with van der Waals surface area (Å²) in [6.07, 6.45) is 0.729. The Balaban J connectivity index is 1.74. The molecule has 1 N–H and O–H groups in total. The van der Waals surface area contributed by atoms with Crippen molar-refractivity contribution in [1.29, 1.82) is 0 Å². The Bertz CT molecular complexity index is 1190. The van der Waals surface area contributed by atoms with Gasteiger partial charge in [0, 0.05) is 29.0 Å². The van der Waals surface area contributed by atoms with Crippen LogP contribution in [0.25, 0.3) is 11.1 Å². The Morgan fingerprint density at radius 2 is 1.79 bits per heavy atom. The lowest BCUT2D eigenvalue weighted by molar-refractivity contribution is -0.384. The maximum absolute atomic E-state index is 12.8. The number of esters is 1. The maximum atomic E-state index is 12.8. The molecule has 0 aliphatic carbocycles. The molecular weight excluding hydrogens is 456 g/mol. The molecule has 1 aromatic heterocycles. The van der Waals surface area contributed by atoms with Gasteiger partial charge in [-0.15, -0.1) is 11.3 Å². The minimum Gasteiger partial charge on any atom is -0.493 e. The van der Waals surface area contributed by atoms with E-state index in [1.54, 1.807) is 19.1 Å². The van der Waals surface area contributed by atoms with Gasteiger partial charge in [0.1, 0.15) is 16.3 Å². The molecule has 1 amide bonds. The second-order valence-corrected chi connectivity index (χ2v) is 8.75. The van der Waals surface area contributed by atoms with Gasteiger partial charge < -0.3 is 14.8 Å². The average Bonchev–Trinajstić information content (AvgIpc) is 3.13. The highest BCUT2D eigenvalue weighted by molar-refractivity contribution is 7.17. The summed E-state index contributed by atoms with van der Waals surface area (Å²) in [7, 11) is 0. The quantitative estimate of drug-likeness (QED) is 0.166. The fourth-order valence-electron chi connectivity index (χ4n) is 3.45. The molecule has 3 rings (SSSR count). The van der Waals surface area contributed by atoms with Crippen LogP contribution in [-0.4, -0.2) is 30.0 Å². The summed E-state index contributed by atoms with van der Waals surface area (Å²) in [4.78, 5) is 36.7. The van der Waals surface area contributed by atoms with Crippen LogP contribution in [-0.2, 0) is 9.53 Å². The van der Waals surface area contributed by atoms with Crippen LogP contribution >= 0.6 is 11.3 Å². The Morgan fingerprint density at radius 1 is 1.09 bits per heavy atom. The van der Waals surface area contributed by atoms with E-state index in [0.717, 1.165) is 16.2 Å². The SMILES string of the molecule is CCOC(=O)c1c(NC(=O)CCCOc2ccccc2C)sc(C)c1-c1ccc([N+](=O)[O-])cc1. The zero-order valence-electron chi connectivity index (χ0n) is 19.3. The maximum Gasteiger partial charge on any atom is 0.341 e. The highest BCUT2D eigenvalue weighted by atomic mass is 32.1. The minimum absolute atomic E-state index is 0.0456. The fourth-order valence-corrected chi connectivity index (χ4v) is 4.53. The molecule has 178 valence electrons. The van der Waals surface area contributed by atoms with Crippen molar-refractivity contribution in [1.82, 2.24) is 0 Å². The van der Waals surface area contributed by atoms with E-state index in [2.05, 4.69) is 5.32 Å². The van der Waals surface area contributed by atoms with Crippen molar-refractivity contribution >= 4 is 33.9 Å². The van der Waals surface area contributed by atoms with Crippen LogP contribution in [0.1, 0.15) is 40.6 Å². The highest BCUT2D eigenvalue weighted by Crippen LogP contribution is 2.41. The van der Waals surface area contributed by atoms with Gasteiger partial charge in [0.2, 0.25) is 5.91 Å². The summed E-state index contributed by atoms with van der Waals surface area (Å²) in [6, 6.07) is 13.6. The van der Waals surface area contributed by atoms with E-state index in [1.807, 2.05) is 38.1 Å². The number of amides is 1. The molecule has 0 aliphatic rings. The van der Waals surface area contributed by atoms with Gasteiger partial charge in [0.15, 0.2) is 0 Å². The molecule has 0 saturated heterocycles. The van der Waals surface area contributed by atoms with E-state index in [1.165, 1.54) is 23.5 Å². The number of hydrogen-bond donors (Lipinski definition) is 1. The minimum atomic E-state index is -0.557. The smallest absolute Gasteiger partial charge is 0.341 e. The van der Waals surface area contributed by atoms with Gasteiger partial charge in [0.25, 0.3) is 5.69 Å². The first kappa shape index (κ1) is 24.9. The van der Waals surface area contributed by atoms with E-state index in [9.17, 15) is 19.7 Å². The van der Waals surface area contributed by atoms with Crippen LogP contribution in [0.2, 0.25) is 0 Å². The van der Waals surface area contributed by atoms with Gasteiger partial charge in [-0.05, 0) is 56.5 Å². The number of nitrogens with zero attached hydrogens (tertiary/aromatic N) is 1. The van der Waals surface area contributed by atoms with Gasteiger partial charge in [-0.3, -0.25) is 14.9 Å². The number of nitrogens with one attached hydrogen (secondary N) is 1. The first-order valence-electron chi connectivity index (χ1n) is 10.9. The molecule has 0 aliphatic heterocycles. The Kier molecular flexibility index (Phi) is 8.37. The summed E-state index contributed by atoms with van der Waals surface area (Å²) >= 11 is 1.27. The predicted molar refractivity (Wildman–Crippen MR) is 132 cm³/mol. The van der Waals surface area contributed by atoms with Crippen molar-refractivity contribution in [3.8, 4) is 16.9 Å². The van der Waals surface area contributed by atoms with E-state index >= 15 is 0 Å². The molecule has 0 radical (unpaired) electrons. The molecule has 2 aromatic carbocycles. The van der Waals surface area contributed by atoms with E-state index in [4.69, 9.17) is 9.47 Å². The van der Waals surface area contributed by atoms with Gasteiger partial charge in [-0.1, -0.05) is 18.2 Å². The number of non-ortho nitro benzene ring substituents is 1. The summed E-state index contributed by atoms with van der Waals surface area (Å²) < 4.78 is 11.0. The largest absolute Gasteiger partial charge is 0.493 e. The standard InChI is InChI=1S/C25H26N2O6S/c1-4-32-25(29)23-22(18-11-13-19(14-12-18)27(30)31)17(3)34-24(23)26-21(28)10-7-15-33-20-9-6-5-8-16(20)2/h5-6,8-9,11-14H,4,7,10,15H2,1-3H3,(H,26,28). The summed E-state index contributed by atoms with van der Waals surface area (Å²) in [5, 5.41) is 14.2. The lowest BCUT2D eigenvalue weighted by atomic mass is 10.0. The third kappa shape index (κ3) is 5.99. The molecule has 1 heterocycles. The molecule has 3 aromatic rings. The molecule has 9 heteroatoms. The van der Waals surface area contributed by atoms with Crippen LogP contribution in [0.4, 0.5) is 10.7 Å². The number of carbonyl (C=O) groups excluding carboxylic acids is 2. The molecule has 0 fully saturated rings. The summed E-state index contributed by atoms with van der Waals surface area (Å²) in [6.45, 7) is 6.06. The number of thiophene rings is 1. The number of carbonyl (C=O) groups is 2. The number of nitro groups is 1. The van der Waals surface area contributed by atoms with Gasteiger partial charge in [-0.25, -0.2) is 4.79 Å². The molecule has 34 heavy (non-hydrogen) atoms. The number of nitro benzene ring substituents is 1. The predicted octanol–water partition coefficient (Wildman–Crippen LogP) is 5.91. The van der Waals surface area contributed by atoms with Gasteiger partial charge in [0.05, 0.1) is 18.1 Å². The number of para-hydroxylation sites is 1. The second-order valence-electron chi connectivity index (χ2n) is 7.53. The molecular formula is C25H26N2O6S. The van der Waals surface area contributed by atoms with E-state index in [0.29, 0.717) is 29.2 Å². The Labute approximate surface area is 201 Å². The van der Waals surface area contributed by atoms with Crippen molar-refractivity contribution in [3.63, 3.8) is 0 Å². The third-order valence-corrected chi connectivity index (χ3v) is 6.10. The second kappa shape index (κ2) is 11.4. The third-order valence-electron chi connectivity index (χ3n) is 5.08. The van der Waals surface area contributed by atoms with E-state index in [-0.39, 0.29) is 30.2 Å². The normalized spacial score (nSPS) is 10.6. The zero-order chi connectivity index (χ0) is 24.7. The number of anilines is 1. The van der Waals surface area contributed by atoms with Crippen molar-refractivity contribution in [3.05, 3.63) is 74.6 Å². The summed E-state index contributed by atoms with van der Waals surface area (Å²) in [5.41, 5.74) is 2.46. The Hall–Kier alpha value is -3.72. The first-order valence-corrected chi connectivity index (χ1v) is 11.7. The molecule has 0 bridgehead atoms. The molecule has 8 nitrogen and oxygen atoms in total. The molecule has 0 spiro atoms. The number of rotatable bonds is 10. The van der Waals surface area contributed by atoms with E-state index < -0.39 is 10.9 Å². The monoisotopic (exact) mass is 482 g/mol. The number of ether oxygens (including phenoxy) is 2. The van der Waals surface area contributed by atoms with Gasteiger partial charge >= 0.3 is 5.97 Å². The summed E-state index contributed by atoms with van der Waals surface area (Å²) in [5.74, 6) is -0.0112. The van der Waals surface area contributed by atoms with Crippen LogP contribution in [0, 0.1) is 24.0 Å². The first-order chi connectivity index (χ1) is 16.3. The van der Waals surface area contributed by atoms with Crippen molar-refractivity contribution in [2.45, 2.75) is 33.6 Å². The molecule has 0 atom stereocenters. The lowest BCUT2D eigenvalue weighted by Crippen LogP contribution is -2.15. The van der Waals surface area contributed by atoms with Crippen molar-refractivity contribution in [2.24, 2.45) is 0 Å². The number of benzene rings is 2. The number of hydrogen-bond acceptors (Lipinski definition) is 7. The van der Waals surface area contributed by atoms with Gasteiger partial charge in [-0.2, -0.15) is 0 Å².